The molecule has 0 aromatic carbocycles. The minimum atomic E-state index is -0.772. The standard InChI is InChI=1S/C29H35N5O3/c1-7-21(27(35)33-23-9-10-31-26(17-23)29(5,6)19-30)15-24(20(3)4)22-16-25(28(32-18-22)37-8-2)34-11-13-36-14-12-34/h7,9-10,15-18H,1,8,11-14H2,2-6H3,(H,31,33,35). The summed E-state index contributed by atoms with van der Waals surface area (Å²) < 4.78 is 11.3. The number of nitrogens with one attached hydrogen (secondary N) is 1. The number of anilines is 2. The fourth-order valence-electron chi connectivity index (χ4n) is 3.87. The highest BCUT2D eigenvalue weighted by Crippen LogP contribution is 2.32. The van der Waals surface area contributed by atoms with Crippen LogP contribution < -0.4 is 15.0 Å². The van der Waals surface area contributed by atoms with Crippen LogP contribution in [0.5, 0.6) is 5.88 Å². The summed E-state index contributed by atoms with van der Waals surface area (Å²) in [4.78, 5) is 24.3. The number of amides is 1. The first-order valence-corrected chi connectivity index (χ1v) is 12.4. The van der Waals surface area contributed by atoms with Gasteiger partial charge in [0.15, 0.2) is 0 Å². The van der Waals surface area contributed by atoms with Gasteiger partial charge in [-0.1, -0.05) is 18.2 Å². The summed E-state index contributed by atoms with van der Waals surface area (Å²) in [5.41, 5.74) is 4.44. The molecule has 0 atom stereocenters. The Morgan fingerprint density at radius 3 is 2.65 bits per heavy atom. The first-order valence-electron chi connectivity index (χ1n) is 12.4. The number of rotatable bonds is 9. The number of pyridine rings is 2. The Bertz CT molecular complexity index is 1250. The van der Waals surface area contributed by atoms with E-state index in [1.54, 1.807) is 38.4 Å². The molecule has 2 aromatic rings. The van der Waals surface area contributed by atoms with Crippen LogP contribution in [0.3, 0.4) is 0 Å². The SMILES string of the molecule is C=CC(=CC(=C(C)C)c1cnc(OCC)c(N2CCOCC2)c1)C(=O)Nc1ccnc(C(C)(C)C#N)c1. The van der Waals surface area contributed by atoms with Crippen molar-refractivity contribution in [2.75, 3.05) is 43.1 Å². The lowest BCUT2D eigenvalue weighted by Crippen LogP contribution is -2.36. The summed E-state index contributed by atoms with van der Waals surface area (Å²) in [6.07, 6.45) is 6.71. The number of hydrogen-bond donors (Lipinski definition) is 1. The van der Waals surface area contributed by atoms with Crippen molar-refractivity contribution >= 4 is 22.9 Å². The molecule has 1 fully saturated rings. The topological polar surface area (TPSA) is 100 Å². The van der Waals surface area contributed by atoms with Crippen LogP contribution in [0, 0.1) is 11.3 Å². The average molecular weight is 502 g/mol. The second-order valence-electron chi connectivity index (χ2n) is 9.42. The van der Waals surface area contributed by atoms with Crippen molar-refractivity contribution in [3.63, 3.8) is 0 Å². The molecule has 0 saturated carbocycles. The van der Waals surface area contributed by atoms with Crippen LogP contribution in [0.15, 0.2) is 60.5 Å². The molecule has 1 N–H and O–H groups in total. The highest BCUT2D eigenvalue weighted by atomic mass is 16.5. The lowest BCUT2D eigenvalue weighted by Gasteiger charge is -2.30. The second-order valence-corrected chi connectivity index (χ2v) is 9.42. The summed E-state index contributed by atoms with van der Waals surface area (Å²) in [7, 11) is 0. The van der Waals surface area contributed by atoms with E-state index in [2.05, 4.69) is 38.9 Å². The lowest BCUT2D eigenvalue weighted by molar-refractivity contribution is -0.112. The molecule has 2 aromatic heterocycles. The monoisotopic (exact) mass is 501 g/mol. The van der Waals surface area contributed by atoms with Gasteiger partial charge in [0, 0.05) is 42.3 Å². The van der Waals surface area contributed by atoms with Crippen LogP contribution in [0.4, 0.5) is 11.4 Å². The van der Waals surface area contributed by atoms with E-state index in [-0.39, 0.29) is 5.91 Å². The Morgan fingerprint density at radius 2 is 2.03 bits per heavy atom. The fourth-order valence-corrected chi connectivity index (χ4v) is 3.87. The van der Waals surface area contributed by atoms with E-state index in [4.69, 9.17) is 9.47 Å². The highest BCUT2D eigenvalue weighted by molar-refractivity contribution is 6.07. The zero-order valence-electron chi connectivity index (χ0n) is 22.3. The molecule has 1 amide bonds. The molecule has 0 radical (unpaired) electrons. The van der Waals surface area contributed by atoms with Gasteiger partial charge in [-0.15, -0.1) is 0 Å². The summed E-state index contributed by atoms with van der Waals surface area (Å²) in [5.74, 6) is 0.272. The summed E-state index contributed by atoms with van der Waals surface area (Å²) in [5, 5.41) is 12.3. The summed E-state index contributed by atoms with van der Waals surface area (Å²) in [6, 6.07) is 7.70. The molecule has 1 aliphatic heterocycles. The molecule has 37 heavy (non-hydrogen) atoms. The van der Waals surface area contributed by atoms with E-state index >= 15 is 0 Å². The van der Waals surface area contributed by atoms with Crippen molar-refractivity contribution in [1.82, 2.24) is 9.97 Å². The van der Waals surface area contributed by atoms with E-state index in [9.17, 15) is 10.1 Å². The molecule has 0 aliphatic carbocycles. The smallest absolute Gasteiger partial charge is 0.255 e. The second kappa shape index (κ2) is 12.3. The lowest BCUT2D eigenvalue weighted by atomic mass is 9.90. The quantitative estimate of drug-likeness (QED) is 0.379. The van der Waals surface area contributed by atoms with E-state index in [0.717, 1.165) is 35.5 Å². The minimum absolute atomic E-state index is 0.312. The first-order chi connectivity index (χ1) is 17.7. The van der Waals surface area contributed by atoms with E-state index in [0.29, 0.717) is 42.7 Å². The molecule has 0 spiro atoms. The number of carbonyl (C=O) groups is 1. The number of allylic oxidation sites excluding steroid dienone is 3. The van der Waals surface area contributed by atoms with Crippen molar-refractivity contribution in [1.29, 1.82) is 5.26 Å². The van der Waals surface area contributed by atoms with Crippen molar-refractivity contribution in [2.24, 2.45) is 0 Å². The van der Waals surface area contributed by atoms with Gasteiger partial charge in [0.05, 0.1) is 37.0 Å². The van der Waals surface area contributed by atoms with Gasteiger partial charge in [-0.3, -0.25) is 9.78 Å². The predicted octanol–water partition coefficient (Wildman–Crippen LogP) is 5.06. The molecule has 194 valence electrons. The largest absolute Gasteiger partial charge is 0.476 e. The van der Waals surface area contributed by atoms with Gasteiger partial charge >= 0.3 is 0 Å². The van der Waals surface area contributed by atoms with Crippen LogP contribution in [-0.2, 0) is 14.9 Å². The average Bonchev–Trinajstić information content (AvgIpc) is 2.90. The van der Waals surface area contributed by atoms with Gasteiger partial charge < -0.3 is 19.7 Å². The molecule has 0 bridgehead atoms. The maximum Gasteiger partial charge on any atom is 0.255 e. The van der Waals surface area contributed by atoms with E-state index < -0.39 is 5.41 Å². The number of hydrogen-bond acceptors (Lipinski definition) is 7. The Kier molecular flexibility index (Phi) is 9.20. The molecule has 0 unspecified atom stereocenters. The number of ether oxygens (including phenoxy) is 2. The Morgan fingerprint density at radius 1 is 1.30 bits per heavy atom. The Balaban J connectivity index is 1.94. The zero-order valence-corrected chi connectivity index (χ0v) is 22.3. The summed E-state index contributed by atoms with van der Waals surface area (Å²) >= 11 is 0. The molecule has 8 heteroatoms. The van der Waals surface area contributed by atoms with Crippen LogP contribution >= 0.6 is 0 Å². The molecular formula is C29H35N5O3. The number of nitriles is 1. The van der Waals surface area contributed by atoms with E-state index in [1.165, 1.54) is 6.08 Å². The number of carbonyl (C=O) groups excluding carboxylic acids is 1. The van der Waals surface area contributed by atoms with Crippen LogP contribution in [0.1, 0.15) is 45.9 Å². The maximum atomic E-state index is 13.2. The Hall–Kier alpha value is -3.96. The minimum Gasteiger partial charge on any atom is -0.476 e. The number of nitrogens with zero attached hydrogens (tertiary/aromatic N) is 4. The van der Waals surface area contributed by atoms with Crippen LogP contribution in [0.2, 0.25) is 0 Å². The van der Waals surface area contributed by atoms with Gasteiger partial charge in [0.2, 0.25) is 5.88 Å². The van der Waals surface area contributed by atoms with Gasteiger partial charge in [-0.2, -0.15) is 5.26 Å². The number of aromatic nitrogens is 2. The third-order valence-corrected chi connectivity index (χ3v) is 6.03. The molecule has 1 saturated heterocycles. The Labute approximate surface area is 219 Å². The molecule has 8 nitrogen and oxygen atoms in total. The van der Waals surface area contributed by atoms with Crippen molar-refractivity contribution in [2.45, 2.75) is 40.0 Å². The number of morpholine rings is 1. The van der Waals surface area contributed by atoms with Gasteiger partial charge in [0.25, 0.3) is 5.91 Å². The normalized spacial score (nSPS) is 13.9. The fraction of sp³-hybridized carbons (Fsp3) is 0.379. The predicted molar refractivity (Wildman–Crippen MR) is 146 cm³/mol. The molecular weight excluding hydrogens is 466 g/mol. The van der Waals surface area contributed by atoms with Crippen LogP contribution in [-0.4, -0.2) is 48.8 Å². The first kappa shape index (κ1) is 27.6. The van der Waals surface area contributed by atoms with Gasteiger partial charge in [-0.25, -0.2) is 4.98 Å². The third kappa shape index (κ3) is 6.83. The van der Waals surface area contributed by atoms with Gasteiger partial charge in [-0.05, 0) is 64.5 Å². The van der Waals surface area contributed by atoms with Crippen LogP contribution in [0.25, 0.3) is 5.57 Å². The van der Waals surface area contributed by atoms with Gasteiger partial charge in [0.1, 0.15) is 5.69 Å². The zero-order chi connectivity index (χ0) is 27.0. The maximum absolute atomic E-state index is 13.2. The van der Waals surface area contributed by atoms with E-state index in [1.807, 2.05) is 26.8 Å². The van der Waals surface area contributed by atoms with Crippen molar-refractivity contribution in [3.8, 4) is 11.9 Å². The highest BCUT2D eigenvalue weighted by Gasteiger charge is 2.22. The van der Waals surface area contributed by atoms with Crippen molar-refractivity contribution < 1.29 is 14.3 Å². The summed E-state index contributed by atoms with van der Waals surface area (Å²) in [6.45, 7) is 16.7. The van der Waals surface area contributed by atoms with Crippen molar-refractivity contribution in [3.05, 3.63) is 71.7 Å². The molecule has 1 aliphatic rings. The third-order valence-electron chi connectivity index (χ3n) is 6.03. The molecule has 3 heterocycles. The molecule has 3 rings (SSSR count).